The number of furan rings is 1. The SMILES string of the molecule is O=[N+]([O-])c1ccc2c(c1)oc1ccc(S(=O)(=O)NCc3cccc4ccccc34)cc12. The van der Waals surface area contributed by atoms with E-state index in [0.29, 0.717) is 21.9 Å². The van der Waals surface area contributed by atoms with Crippen molar-refractivity contribution in [3.05, 3.63) is 94.5 Å². The second-order valence-corrected chi connectivity index (χ2v) is 8.93. The number of hydrogen-bond donors (Lipinski definition) is 1. The quantitative estimate of drug-likeness (QED) is 0.306. The Bertz CT molecular complexity index is 1580. The van der Waals surface area contributed by atoms with Gasteiger partial charge in [-0.3, -0.25) is 10.1 Å². The maximum Gasteiger partial charge on any atom is 0.273 e. The molecule has 1 N–H and O–H groups in total. The number of hydrogen-bond acceptors (Lipinski definition) is 5. The number of fused-ring (bicyclic) bond motifs is 4. The van der Waals surface area contributed by atoms with Crippen molar-refractivity contribution in [1.82, 2.24) is 4.72 Å². The van der Waals surface area contributed by atoms with Crippen molar-refractivity contribution in [1.29, 1.82) is 0 Å². The second-order valence-electron chi connectivity index (χ2n) is 7.16. The van der Waals surface area contributed by atoms with E-state index in [4.69, 9.17) is 4.42 Å². The topological polar surface area (TPSA) is 102 Å². The van der Waals surface area contributed by atoms with Gasteiger partial charge in [0, 0.05) is 23.4 Å². The molecule has 0 saturated carbocycles. The fourth-order valence-corrected chi connectivity index (χ4v) is 4.76. The molecule has 0 spiro atoms. The summed E-state index contributed by atoms with van der Waals surface area (Å²) in [5.41, 5.74) is 1.59. The first kappa shape index (κ1) is 19.2. The minimum Gasteiger partial charge on any atom is -0.456 e. The van der Waals surface area contributed by atoms with Crippen LogP contribution >= 0.6 is 0 Å². The molecule has 0 saturated heterocycles. The second kappa shape index (κ2) is 7.19. The molecular weight excluding hydrogens is 416 g/mol. The van der Waals surface area contributed by atoms with Crippen LogP contribution in [0.4, 0.5) is 5.69 Å². The number of non-ortho nitro benzene ring substituents is 1. The van der Waals surface area contributed by atoms with Gasteiger partial charge in [0.1, 0.15) is 11.2 Å². The van der Waals surface area contributed by atoms with Crippen LogP contribution in [0.3, 0.4) is 0 Å². The third-order valence-electron chi connectivity index (χ3n) is 5.28. The van der Waals surface area contributed by atoms with Crippen LogP contribution in [-0.4, -0.2) is 13.3 Å². The summed E-state index contributed by atoms with van der Waals surface area (Å²) < 4.78 is 34.2. The maximum absolute atomic E-state index is 13.0. The van der Waals surface area contributed by atoms with Gasteiger partial charge >= 0.3 is 0 Å². The molecule has 0 aliphatic heterocycles. The van der Waals surface area contributed by atoms with Crippen LogP contribution in [0, 0.1) is 10.1 Å². The zero-order valence-corrected chi connectivity index (χ0v) is 16.9. The fraction of sp³-hybridized carbons (Fsp3) is 0.0435. The van der Waals surface area contributed by atoms with Crippen molar-refractivity contribution in [2.75, 3.05) is 0 Å². The Morgan fingerprint density at radius 1 is 0.839 bits per heavy atom. The standard InChI is InChI=1S/C23H16N2O5S/c26-25(27)17-8-10-20-21-13-18(9-11-22(21)30-23(20)12-17)31(28,29)24-14-16-6-3-5-15-4-1-2-7-19(15)16/h1-13,24H,14H2. The molecule has 4 aromatic carbocycles. The lowest BCUT2D eigenvalue weighted by atomic mass is 10.1. The summed E-state index contributed by atoms with van der Waals surface area (Å²) in [5.74, 6) is 0. The molecule has 5 rings (SSSR count). The zero-order chi connectivity index (χ0) is 21.6. The number of rotatable bonds is 5. The van der Waals surface area contributed by atoms with E-state index in [1.54, 1.807) is 12.1 Å². The van der Waals surface area contributed by atoms with Crippen LogP contribution in [0.25, 0.3) is 32.7 Å². The fourth-order valence-electron chi connectivity index (χ4n) is 3.73. The van der Waals surface area contributed by atoms with Crippen molar-refractivity contribution in [2.45, 2.75) is 11.4 Å². The molecule has 0 aliphatic rings. The molecule has 154 valence electrons. The van der Waals surface area contributed by atoms with Crippen LogP contribution in [0.1, 0.15) is 5.56 Å². The summed E-state index contributed by atoms with van der Waals surface area (Å²) >= 11 is 0. The zero-order valence-electron chi connectivity index (χ0n) is 16.1. The molecule has 8 heteroatoms. The van der Waals surface area contributed by atoms with Gasteiger partial charge in [0.25, 0.3) is 5.69 Å². The Balaban J connectivity index is 1.50. The summed E-state index contributed by atoms with van der Waals surface area (Å²) in [4.78, 5) is 10.6. The lowest BCUT2D eigenvalue weighted by molar-refractivity contribution is -0.384. The number of sulfonamides is 1. The summed E-state index contributed by atoms with van der Waals surface area (Å²) in [6.45, 7) is 0.153. The molecule has 0 unspecified atom stereocenters. The third kappa shape index (κ3) is 3.41. The number of benzene rings is 4. The van der Waals surface area contributed by atoms with Crippen LogP contribution in [0.5, 0.6) is 0 Å². The van der Waals surface area contributed by atoms with Gasteiger partial charge < -0.3 is 4.42 Å². The van der Waals surface area contributed by atoms with E-state index in [1.807, 2.05) is 42.5 Å². The highest BCUT2D eigenvalue weighted by molar-refractivity contribution is 7.89. The minimum absolute atomic E-state index is 0.0869. The van der Waals surface area contributed by atoms with Crippen molar-refractivity contribution in [3.63, 3.8) is 0 Å². The molecule has 0 aliphatic carbocycles. The van der Waals surface area contributed by atoms with E-state index in [2.05, 4.69) is 4.72 Å². The first-order valence-electron chi connectivity index (χ1n) is 9.49. The van der Waals surface area contributed by atoms with E-state index in [0.717, 1.165) is 16.3 Å². The first-order chi connectivity index (χ1) is 14.9. The Morgan fingerprint density at radius 3 is 2.48 bits per heavy atom. The number of nitro groups is 1. The summed E-state index contributed by atoms with van der Waals surface area (Å²) in [6.07, 6.45) is 0. The van der Waals surface area contributed by atoms with E-state index in [-0.39, 0.29) is 17.1 Å². The summed E-state index contributed by atoms with van der Waals surface area (Å²) in [7, 11) is -3.79. The lowest BCUT2D eigenvalue weighted by Gasteiger charge is -2.09. The van der Waals surface area contributed by atoms with Gasteiger partial charge in [-0.25, -0.2) is 13.1 Å². The molecule has 31 heavy (non-hydrogen) atoms. The van der Waals surface area contributed by atoms with E-state index in [1.165, 1.54) is 24.3 Å². The minimum atomic E-state index is -3.79. The highest BCUT2D eigenvalue weighted by Gasteiger charge is 2.18. The van der Waals surface area contributed by atoms with Crippen molar-refractivity contribution < 1.29 is 17.8 Å². The molecule has 5 aromatic rings. The monoisotopic (exact) mass is 432 g/mol. The molecule has 0 fully saturated rings. The normalized spacial score (nSPS) is 12.0. The van der Waals surface area contributed by atoms with Crippen LogP contribution in [-0.2, 0) is 16.6 Å². The Morgan fingerprint density at radius 2 is 1.65 bits per heavy atom. The smallest absolute Gasteiger partial charge is 0.273 e. The number of nitro benzene ring substituents is 1. The van der Waals surface area contributed by atoms with E-state index >= 15 is 0 Å². The number of nitrogens with one attached hydrogen (secondary N) is 1. The Kier molecular flexibility index (Phi) is 4.46. The largest absolute Gasteiger partial charge is 0.456 e. The lowest BCUT2D eigenvalue weighted by Crippen LogP contribution is -2.23. The molecule has 0 amide bonds. The Hall–Kier alpha value is -3.75. The molecular formula is C23H16N2O5S. The van der Waals surface area contributed by atoms with Crippen molar-refractivity contribution in [3.8, 4) is 0 Å². The molecule has 1 heterocycles. The van der Waals surface area contributed by atoms with Gasteiger partial charge in [-0.15, -0.1) is 0 Å². The van der Waals surface area contributed by atoms with Gasteiger partial charge in [-0.2, -0.15) is 0 Å². The van der Waals surface area contributed by atoms with Crippen LogP contribution < -0.4 is 4.72 Å². The van der Waals surface area contributed by atoms with Gasteiger partial charge in [0.2, 0.25) is 10.0 Å². The molecule has 0 radical (unpaired) electrons. The highest BCUT2D eigenvalue weighted by Crippen LogP contribution is 2.32. The van der Waals surface area contributed by atoms with Crippen LogP contribution in [0.2, 0.25) is 0 Å². The van der Waals surface area contributed by atoms with Crippen LogP contribution in [0.15, 0.2) is 88.2 Å². The highest BCUT2D eigenvalue weighted by atomic mass is 32.2. The van der Waals surface area contributed by atoms with Gasteiger partial charge in [-0.1, -0.05) is 42.5 Å². The maximum atomic E-state index is 13.0. The third-order valence-corrected chi connectivity index (χ3v) is 6.68. The average Bonchev–Trinajstić information content (AvgIpc) is 3.14. The average molecular weight is 432 g/mol. The van der Waals surface area contributed by atoms with E-state index in [9.17, 15) is 18.5 Å². The predicted molar refractivity (Wildman–Crippen MR) is 118 cm³/mol. The predicted octanol–water partition coefficient (Wildman–Crippen LogP) is 5.13. The summed E-state index contributed by atoms with van der Waals surface area (Å²) in [6, 6.07) is 22.4. The van der Waals surface area contributed by atoms with E-state index < -0.39 is 14.9 Å². The molecule has 1 aromatic heterocycles. The molecule has 0 bridgehead atoms. The summed E-state index contributed by atoms with van der Waals surface area (Å²) in [5, 5.41) is 14.2. The van der Waals surface area contributed by atoms with Crippen molar-refractivity contribution in [2.24, 2.45) is 0 Å². The van der Waals surface area contributed by atoms with Gasteiger partial charge in [0.05, 0.1) is 15.9 Å². The Labute approximate surface area is 177 Å². The molecule has 7 nitrogen and oxygen atoms in total. The van der Waals surface area contributed by atoms with Crippen molar-refractivity contribution >= 4 is 48.4 Å². The van der Waals surface area contributed by atoms with Gasteiger partial charge in [0.15, 0.2) is 0 Å². The molecule has 0 atom stereocenters. The number of nitrogens with zero attached hydrogens (tertiary/aromatic N) is 1. The van der Waals surface area contributed by atoms with Gasteiger partial charge in [-0.05, 0) is 40.6 Å². The first-order valence-corrected chi connectivity index (χ1v) is 11.0.